The molecule has 0 bridgehead atoms. The van der Waals surface area contributed by atoms with Crippen LogP contribution < -0.4 is 4.90 Å². The summed E-state index contributed by atoms with van der Waals surface area (Å²) in [5, 5.41) is 11.1. The number of carbonyl (C=O) groups is 3. The van der Waals surface area contributed by atoms with Crippen LogP contribution in [0.3, 0.4) is 0 Å². The van der Waals surface area contributed by atoms with Crippen LogP contribution in [0.5, 0.6) is 0 Å². The van der Waals surface area contributed by atoms with E-state index in [2.05, 4.69) is 0 Å². The maximum absolute atomic E-state index is 14.0. The van der Waals surface area contributed by atoms with Gasteiger partial charge in [0.1, 0.15) is 6.04 Å². The Bertz CT molecular complexity index is 1310. The topological polar surface area (TPSA) is 110 Å². The number of allylic oxidation sites excluding steroid dienone is 1. The molecule has 0 radical (unpaired) electrons. The van der Waals surface area contributed by atoms with Crippen molar-refractivity contribution in [2.24, 2.45) is 11.8 Å². The standard InChI is InChI=1S/C27H25N3O6/c1-15-13-21-22-23(27(33)28(26(22)32)14-18-5-4-12-36-18)24(29(21)20-7-3-2-6-19(15)20)25(31)16-8-10-17(11-9-16)30(34)35/h2-3,6-11,13,18,21-24H,4-5,12,14H2,1H3/t18-,21-,22+,23-,24+/m0/s1. The molecule has 184 valence electrons. The predicted molar refractivity (Wildman–Crippen MR) is 130 cm³/mol. The second-order valence-electron chi connectivity index (χ2n) is 9.85. The molecule has 0 aliphatic carbocycles. The fourth-order valence-corrected chi connectivity index (χ4v) is 6.25. The van der Waals surface area contributed by atoms with Crippen molar-refractivity contribution in [1.29, 1.82) is 0 Å². The highest BCUT2D eigenvalue weighted by Crippen LogP contribution is 2.50. The van der Waals surface area contributed by atoms with Gasteiger partial charge in [0, 0.05) is 35.6 Å². The number of non-ortho nitro benzene ring substituents is 1. The van der Waals surface area contributed by atoms with Crippen LogP contribution in [0.25, 0.3) is 5.57 Å². The minimum absolute atomic E-state index is 0.120. The Balaban J connectivity index is 1.44. The van der Waals surface area contributed by atoms with Crippen molar-refractivity contribution in [3.63, 3.8) is 0 Å². The van der Waals surface area contributed by atoms with Crippen molar-refractivity contribution in [3.8, 4) is 0 Å². The largest absolute Gasteiger partial charge is 0.376 e. The SMILES string of the molecule is CC1=C[C@H]2[C@H]3C(=O)N(C[C@@H]4CCCO4)C(=O)[C@@H]3[C@H](C(=O)c3ccc([N+](=O)[O-])cc3)N2c2ccccc21. The lowest BCUT2D eigenvalue weighted by molar-refractivity contribution is -0.384. The van der Waals surface area contributed by atoms with Crippen LogP contribution in [0, 0.1) is 22.0 Å². The lowest BCUT2D eigenvalue weighted by Crippen LogP contribution is -2.49. The molecule has 4 aliphatic rings. The van der Waals surface area contributed by atoms with Crippen LogP contribution in [-0.2, 0) is 14.3 Å². The highest BCUT2D eigenvalue weighted by molar-refractivity contribution is 6.14. The number of anilines is 1. The number of nitro groups is 1. The van der Waals surface area contributed by atoms with E-state index in [1.54, 1.807) is 0 Å². The number of Topliss-reactive ketones (excluding diaryl/α,β-unsaturated/α-hetero) is 1. The Morgan fingerprint density at radius 2 is 1.81 bits per heavy atom. The molecular weight excluding hydrogens is 462 g/mol. The molecule has 3 saturated heterocycles. The van der Waals surface area contributed by atoms with Gasteiger partial charge in [0.2, 0.25) is 11.8 Å². The Morgan fingerprint density at radius 1 is 1.08 bits per heavy atom. The molecular formula is C27H25N3O6. The van der Waals surface area contributed by atoms with Gasteiger partial charge in [-0.3, -0.25) is 29.4 Å². The van der Waals surface area contributed by atoms with Crippen molar-refractivity contribution >= 4 is 34.5 Å². The van der Waals surface area contributed by atoms with Crippen molar-refractivity contribution < 1.29 is 24.0 Å². The van der Waals surface area contributed by atoms with Crippen LogP contribution in [0.4, 0.5) is 11.4 Å². The first kappa shape index (κ1) is 22.6. The number of ketones is 1. The fraction of sp³-hybridized carbons (Fsp3) is 0.370. The number of rotatable bonds is 5. The summed E-state index contributed by atoms with van der Waals surface area (Å²) in [6.07, 6.45) is 3.49. The number of hydrogen-bond donors (Lipinski definition) is 0. The maximum Gasteiger partial charge on any atom is 0.269 e. The third-order valence-electron chi connectivity index (χ3n) is 7.89. The van der Waals surface area contributed by atoms with E-state index in [9.17, 15) is 24.5 Å². The summed E-state index contributed by atoms with van der Waals surface area (Å²) in [6.45, 7) is 2.79. The first-order valence-electron chi connectivity index (χ1n) is 12.2. The lowest BCUT2D eigenvalue weighted by atomic mass is 9.85. The Morgan fingerprint density at radius 3 is 2.50 bits per heavy atom. The summed E-state index contributed by atoms with van der Waals surface area (Å²) >= 11 is 0. The smallest absolute Gasteiger partial charge is 0.269 e. The van der Waals surface area contributed by atoms with Crippen molar-refractivity contribution in [2.45, 2.75) is 38.0 Å². The molecule has 3 fully saturated rings. The predicted octanol–water partition coefficient (Wildman–Crippen LogP) is 3.23. The average Bonchev–Trinajstić information content (AvgIpc) is 3.57. The average molecular weight is 488 g/mol. The van der Waals surface area contributed by atoms with Gasteiger partial charge in [-0.1, -0.05) is 24.3 Å². The lowest BCUT2D eigenvalue weighted by Gasteiger charge is -2.38. The molecule has 2 aromatic rings. The number of nitro benzene ring substituents is 1. The monoisotopic (exact) mass is 487 g/mol. The molecule has 36 heavy (non-hydrogen) atoms. The van der Waals surface area contributed by atoms with Gasteiger partial charge in [-0.2, -0.15) is 0 Å². The number of likely N-dealkylation sites (tertiary alicyclic amines) is 1. The Labute approximate surface area is 207 Å². The Hall–Kier alpha value is -3.85. The molecule has 0 unspecified atom stereocenters. The summed E-state index contributed by atoms with van der Waals surface area (Å²) in [6, 6.07) is 11.7. The van der Waals surface area contributed by atoms with Gasteiger partial charge in [0.15, 0.2) is 5.78 Å². The molecule has 0 spiro atoms. The van der Waals surface area contributed by atoms with Crippen LogP contribution in [0.15, 0.2) is 54.6 Å². The number of para-hydroxylation sites is 1. The van der Waals surface area contributed by atoms with E-state index >= 15 is 0 Å². The summed E-state index contributed by atoms with van der Waals surface area (Å²) in [5.74, 6) is -2.47. The zero-order chi connectivity index (χ0) is 25.1. The second-order valence-corrected chi connectivity index (χ2v) is 9.85. The first-order valence-corrected chi connectivity index (χ1v) is 12.2. The number of ether oxygens (including phenoxy) is 1. The molecule has 0 N–H and O–H groups in total. The van der Waals surface area contributed by atoms with E-state index in [4.69, 9.17) is 4.74 Å². The van der Waals surface area contributed by atoms with Gasteiger partial charge in [-0.25, -0.2) is 0 Å². The van der Waals surface area contributed by atoms with Gasteiger partial charge < -0.3 is 9.64 Å². The number of fused-ring (bicyclic) bond motifs is 5. The van der Waals surface area contributed by atoms with E-state index in [0.717, 1.165) is 29.7 Å². The Kier molecular flexibility index (Phi) is 5.26. The van der Waals surface area contributed by atoms with Crippen molar-refractivity contribution in [2.75, 3.05) is 18.1 Å². The number of amides is 2. The van der Waals surface area contributed by atoms with Crippen LogP contribution in [-0.4, -0.2) is 58.8 Å². The van der Waals surface area contributed by atoms with Crippen LogP contribution >= 0.6 is 0 Å². The summed E-state index contributed by atoms with van der Waals surface area (Å²) in [4.78, 5) is 55.2. The van der Waals surface area contributed by atoms with E-state index in [1.807, 2.05) is 42.2 Å². The van der Waals surface area contributed by atoms with Gasteiger partial charge in [-0.15, -0.1) is 0 Å². The quantitative estimate of drug-likeness (QED) is 0.276. The first-order chi connectivity index (χ1) is 17.4. The van der Waals surface area contributed by atoms with Crippen LogP contribution in [0.2, 0.25) is 0 Å². The molecule has 9 nitrogen and oxygen atoms in total. The third-order valence-corrected chi connectivity index (χ3v) is 7.89. The minimum atomic E-state index is -0.905. The van der Waals surface area contributed by atoms with Gasteiger partial charge in [-0.05, 0) is 43.5 Å². The van der Waals surface area contributed by atoms with Crippen molar-refractivity contribution in [3.05, 3.63) is 75.8 Å². The molecule has 5 atom stereocenters. The zero-order valence-electron chi connectivity index (χ0n) is 19.7. The van der Waals surface area contributed by atoms with Gasteiger partial charge in [0.05, 0.1) is 35.4 Å². The molecule has 9 heteroatoms. The third kappa shape index (κ3) is 3.30. The molecule has 6 rings (SSSR count). The van der Waals surface area contributed by atoms with Gasteiger partial charge in [0.25, 0.3) is 5.69 Å². The fourth-order valence-electron chi connectivity index (χ4n) is 6.25. The van der Waals surface area contributed by atoms with E-state index in [0.29, 0.717) is 6.61 Å². The number of benzene rings is 2. The summed E-state index contributed by atoms with van der Waals surface area (Å²) < 4.78 is 5.69. The molecule has 2 aromatic carbocycles. The summed E-state index contributed by atoms with van der Waals surface area (Å²) in [5.41, 5.74) is 2.90. The molecule has 0 aromatic heterocycles. The highest BCUT2D eigenvalue weighted by atomic mass is 16.6. The van der Waals surface area contributed by atoms with Crippen molar-refractivity contribution in [1.82, 2.24) is 4.90 Å². The highest BCUT2D eigenvalue weighted by Gasteiger charge is 2.64. The van der Waals surface area contributed by atoms with E-state index < -0.39 is 28.8 Å². The van der Waals surface area contributed by atoms with Crippen LogP contribution in [0.1, 0.15) is 35.7 Å². The van der Waals surface area contributed by atoms with E-state index in [1.165, 1.54) is 29.2 Å². The zero-order valence-corrected chi connectivity index (χ0v) is 19.7. The normalized spacial score (nSPS) is 28.6. The number of hydrogen-bond acceptors (Lipinski definition) is 7. The minimum Gasteiger partial charge on any atom is -0.376 e. The summed E-state index contributed by atoms with van der Waals surface area (Å²) in [7, 11) is 0. The van der Waals surface area contributed by atoms with Gasteiger partial charge >= 0.3 is 0 Å². The molecule has 4 aliphatic heterocycles. The molecule has 4 heterocycles. The molecule has 0 saturated carbocycles. The number of nitrogens with zero attached hydrogens (tertiary/aromatic N) is 3. The maximum atomic E-state index is 14.0. The second kappa shape index (κ2) is 8.37. The number of imide groups is 1. The molecule has 2 amide bonds. The van der Waals surface area contributed by atoms with E-state index in [-0.39, 0.29) is 41.5 Å². The number of carbonyl (C=O) groups excluding carboxylic acids is 3.